The average molecular weight is 512 g/mol. The fourth-order valence-electron chi connectivity index (χ4n) is 6.29. The van der Waals surface area contributed by atoms with Crippen molar-refractivity contribution in [2.24, 2.45) is 0 Å². The summed E-state index contributed by atoms with van der Waals surface area (Å²) in [5.41, 5.74) is 1.25. The minimum Gasteiger partial charge on any atom is -0.457 e. The normalized spacial score (nSPS) is 13.4. The van der Waals surface area contributed by atoms with Crippen LogP contribution in [0.1, 0.15) is 59.7 Å². The number of carbonyl (C=O) groups excluding carboxylic acids is 2. The van der Waals surface area contributed by atoms with Crippen LogP contribution in [0.3, 0.4) is 0 Å². The largest absolute Gasteiger partial charge is 0.457 e. The number of para-hydroxylation sites is 1. The Bertz CT molecular complexity index is 1820. The van der Waals surface area contributed by atoms with Crippen LogP contribution in [0.5, 0.6) is 11.5 Å². The number of benzene rings is 6. The van der Waals surface area contributed by atoms with Gasteiger partial charge in [-0.05, 0) is 69.8 Å². The van der Waals surface area contributed by atoms with Crippen LogP contribution in [0, 0.1) is 0 Å². The van der Waals surface area contributed by atoms with Crippen molar-refractivity contribution in [3.63, 3.8) is 0 Å². The molecule has 4 nitrogen and oxygen atoms in total. The quantitative estimate of drug-likeness (QED) is 0.0886. The van der Waals surface area contributed by atoms with Crippen LogP contribution in [-0.2, 0) is 0 Å². The molecule has 4 heteroatoms. The van der Waals surface area contributed by atoms with Crippen LogP contribution in [0.15, 0.2) is 84.9 Å². The van der Waals surface area contributed by atoms with E-state index in [2.05, 4.69) is 43.3 Å². The van der Waals surface area contributed by atoms with E-state index in [1.54, 1.807) is 0 Å². The van der Waals surface area contributed by atoms with Gasteiger partial charge >= 0.3 is 0 Å². The first-order valence-electron chi connectivity index (χ1n) is 13.9. The molecule has 1 heterocycles. The number of imide groups is 1. The molecule has 0 saturated heterocycles. The van der Waals surface area contributed by atoms with Gasteiger partial charge in [-0.25, -0.2) is 0 Å². The van der Waals surface area contributed by atoms with E-state index in [-0.39, 0.29) is 11.8 Å². The molecule has 0 fully saturated rings. The van der Waals surface area contributed by atoms with E-state index in [1.807, 2.05) is 48.5 Å². The number of ether oxygens (including phenoxy) is 1. The molecule has 192 valence electrons. The number of hydrogen-bond donors (Lipinski definition) is 0. The van der Waals surface area contributed by atoms with E-state index < -0.39 is 0 Å². The number of carbonyl (C=O) groups is 2. The van der Waals surface area contributed by atoms with Crippen LogP contribution in [0.25, 0.3) is 43.1 Å². The van der Waals surface area contributed by atoms with Gasteiger partial charge < -0.3 is 4.74 Å². The monoisotopic (exact) mass is 511 g/mol. The molecule has 0 saturated carbocycles. The topological polar surface area (TPSA) is 46.6 Å². The first kappa shape index (κ1) is 23.7. The molecule has 1 aliphatic heterocycles. The Morgan fingerprint density at radius 3 is 1.90 bits per heavy atom. The van der Waals surface area contributed by atoms with Gasteiger partial charge in [-0.15, -0.1) is 0 Å². The first-order chi connectivity index (χ1) is 19.2. The molecule has 0 N–H and O–H groups in total. The highest BCUT2D eigenvalue weighted by atomic mass is 16.5. The summed E-state index contributed by atoms with van der Waals surface area (Å²) in [6.45, 7) is 2.65. The number of fused-ring (bicyclic) bond motifs is 2. The van der Waals surface area contributed by atoms with Crippen LogP contribution in [-0.4, -0.2) is 23.3 Å². The lowest BCUT2D eigenvalue weighted by atomic mass is 9.84. The van der Waals surface area contributed by atoms with E-state index in [1.165, 1.54) is 17.7 Å². The molecule has 7 rings (SSSR count). The summed E-state index contributed by atoms with van der Waals surface area (Å²) in [5, 5.41) is 8.23. The second kappa shape index (κ2) is 9.39. The zero-order valence-electron chi connectivity index (χ0n) is 22.0. The number of rotatable bonds is 8. The Morgan fingerprint density at radius 1 is 0.564 bits per heavy atom. The molecule has 0 radical (unpaired) electrons. The summed E-state index contributed by atoms with van der Waals surface area (Å²) < 4.78 is 6.29. The third-order valence-electron chi connectivity index (χ3n) is 8.15. The molecule has 6 aromatic rings. The van der Waals surface area contributed by atoms with Crippen molar-refractivity contribution in [1.82, 2.24) is 4.90 Å². The highest BCUT2D eigenvalue weighted by molar-refractivity contribution is 6.38. The van der Waals surface area contributed by atoms with Crippen LogP contribution >= 0.6 is 0 Å². The zero-order valence-corrected chi connectivity index (χ0v) is 22.0. The van der Waals surface area contributed by atoms with Gasteiger partial charge in [0.25, 0.3) is 11.8 Å². The Kier molecular flexibility index (Phi) is 5.70. The lowest BCUT2D eigenvalue weighted by molar-refractivity contribution is 0.0608. The summed E-state index contributed by atoms with van der Waals surface area (Å²) in [4.78, 5) is 28.7. The number of nitrogens with zero attached hydrogens (tertiary/aromatic N) is 1. The molecular formula is C35H29NO3. The Hall–Kier alpha value is -4.44. The van der Waals surface area contributed by atoms with E-state index >= 15 is 0 Å². The molecule has 0 bridgehead atoms. The molecule has 0 aliphatic carbocycles. The molecule has 0 spiro atoms. The van der Waals surface area contributed by atoms with Gasteiger partial charge in [0.05, 0.1) is 0 Å². The smallest absolute Gasteiger partial charge is 0.261 e. The standard InChI is InChI=1S/C35H29NO3/c1-2-3-4-5-9-21-36-34(37)28-17-15-25-23-13-10-14-27-30(39-22-11-7-6-8-12-22)20-19-24(31(23)27)26-16-18-29(35(36)38)33(28)32(25)26/h6-8,10-20H,2-5,9,21H2,1H3. The van der Waals surface area contributed by atoms with Crippen LogP contribution in [0.2, 0.25) is 0 Å². The summed E-state index contributed by atoms with van der Waals surface area (Å²) >= 11 is 0. The first-order valence-corrected chi connectivity index (χ1v) is 13.9. The van der Waals surface area contributed by atoms with Crippen molar-refractivity contribution in [2.75, 3.05) is 6.54 Å². The molecule has 6 aromatic carbocycles. The van der Waals surface area contributed by atoms with E-state index in [0.29, 0.717) is 17.7 Å². The molecular weight excluding hydrogens is 482 g/mol. The molecule has 39 heavy (non-hydrogen) atoms. The van der Waals surface area contributed by atoms with E-state index in [9.17, 15) is 9.59 Å². The van der Waals surface area contributed by atoms with Gasteiger partial charge in [0, 0.05) is 33.8 Å². The summed E-state index contributed by atoms with van der Waals surface area (Å²) in [6.07, 6.45) is 5.36. The Labute approximate surface area is 227 Å². The summed E-state index contributed by atoms with van der Waals surface area (Å²) in [6, 6.07) is 28.2. The predicted octanol–water partition coefficient (Wildman–Crippen LogP) is 9.10. The molecule has 2 amide bonds. The van der Waals surface area contributed by atoms with Gasteiger partial charge in [-0.3, -0.25) is 14.5 Å². The fraction of sp³-hybridized carbons (Fsp3) is 0.200. The number of hydrogen-bond acceptors (Lipinski definition) is 3. The minimum absolute atomic E-state index is 0.178. The molecule has 0 aromatic heterocycles. The van der Waals surface area contributed by atoms with E-state index in [0.717, 1.165) is 73.9 Å². The van der Waals surface area contributed by atoms with Crippen LogP contribution in [0.4, 0.5) is 0 Å². The van der Waals surface area contributed by atoms with Crippen molar-refractivity contribution in [3.8, 4) is 11.5 Å². The maximum absolute atomic E-state index is 13.6. The van der Waals surface area contributed by atoms with E-state index in [4.69, 9.17) is 4.74 Å². The average Bonchev–Trinajstić information content (AvgIpc) is 2.97. The molecule has 0 atom stereocenters. The number of unbranched alkanes of at least 4 members (excludes halogenated alkanes) is 4. The Balaban J connectivity index is 1.39. The predicted molar refractivity (Wildman–Crippen MR) is 158 cm³/mol. The second-order valence-electron chi connectivity index (χ2n) is 10.5. The second-order valence-corrected chi connectivity index (χ2v) is 10.5. The lowest BCUT2D eigenvalue weighted by Gasteiger charge is -2.28. The third kappa shape index (κ3) is 3.66. The van der Waals surface area contributed by atoms with Crippen molar-refractivity contribution >= 4 is 54.9 Å². The minimum atomic E-state index is -0.178. The fourth-order valence-corrected chi connectivity index (χ4v) is 6.29. The highest BCUT2D eigenvalue weighted by Gasteiger charge is 2.33. The highest BCUT2D eigenvalue weighted by Crippen LogP contribution is 2.46. The van der Waals surface area contributed by atoms with Crippen molar-refractivity contribution < 1.29 is 14.3 Å². The Morgan fingerprint density at radius 2 is 1.18 bits per heavy atom. The summed E-state index contributed by atoms with van der Waals surface area (Å²) in [7, 11) is 0. The van der Waals surface area contributed by atoms with Crippen molar-refractivity contribution in [3.05, 3.63) is 96.1 Å². The number of amides is 2. The van der Waals surface area contributed by atoms with Crippen molar-refractivity contribution in [1.29, 1.82) is 0 Å². The van der Waals surface area contributed by atoms with Gasteiger partial charge in [0.2, 0.25) is 0 Å². The summed E-state index contributed by atoms with van der Waals surface area (Å²) in [5.74, 6) is 1.24. The van der Waals surface area contributed by atoms with Gasteiger partial charge in [-0.2, -0.15) is 0 Å². The molecule has 0 unspecified atom stereocenters. The third-order valence-corrected chi connectivity index (χ3v) is 8.15. The van der Waals surface area contributed by atoms with Gasteiger partial charge in [0.15, 0.2) is 0 Å². The molecule has 1 aliphatic rings. The van der Waals surface area contributed by atoms with Gasteiger partial charge in [0.1, 0.15) is 11.5 Å². The maximum Gasteiger partial charge on any atom is 0.261 e. The van der Waals surface area contributed by atoms with Gasteiger partial charge in [-0.1, -0.05) is 81.1 Å². The maximum atomic E-state index is 13.6. The van der Waals surface area contributed by atoms with Crippen molar-refractivity contribution in [2.45, 2.75) is 39.0 Å². The SMILES string of the molecule is CCCCCCCN1C(=O)c2ccc3c4cccc5c(Oc6ccccc6)ccc(c6ccc(c2c36)C1=O)c54. The lowest BCUT2D eigenvalue weighted by Crippen LogP contribution is -2.40. The van der Waals surface area contributed by atoms with Crippen LogP contribution < -0.4 is 4.74 Å². The zero-order chi connectivity index (χ0) is 26.5.